The summed E-state index contributed by atoms with van der Waals surface area (Å²) in [5.41, 5.74) is 0.799. The van der Waals surface area contributed by atoms with Crippen molar-refractivity contribution in [2.24, 2.45) is 0 Å². The molecule has 0 aliphatic carbocycles. The third kappa shape index (κ3) is 3.80. The van der Waals surface area contributed by atoms with Gasteiger partial charge < -0.3 is 23.9 Å². The van der Waals surface area contributed by atoms with Crippen molar-refractivity contribution in [2.75, 3.05) is 6.79 Å². The number of ether oxygens (including phenoxy) is 3. The van der Waals surface area contributed by atoms with E-state index in [-0.39, 0.29) is 31.1 Å². The highest BCUT2D eigenvalue weighted by Gasteiger charge is 2.17. The molecule has 0 bridgehead atoms. The van der Waals surface area contributed by atoms with Crippen molar-refractivity contribution in [2.45, 2.75) is 33.0 Å². The highest BCUT2D eigenvalue weighted by atomic mass is 16.7. The summed E-state index contributed by atoms with van der Waals surface area (Å²) in [5.74, 6) is 2.45. The van der Waals surface area contributed by atoms with E-state index in [1.807, 2.05) is 30.8 Å². The molecule has 146 valence electrons. The van der Waals surface area contributed by atoms with Crippen LogP contribution >= 0.6 is 0 Å². The van der Waals surface area contributed by atoms with Gasteiger partial charge in [-0.15, -0.1) is 0 Å². The summed E-state index contributed by atoms with van der Waals surface area (Å²) in [6.07, 6.45) is 1.89. The van der Waals surface area contributed by atoms with Gasteiger partial charge in [-0.05, 0) is 44.2 Å². The Morgan fingerprint density at radius 1 is 1.25 bits per heavy atom. The average molecular weight is 383 g/mol. The minimum atomic E-state index is -0.298. The van der Waals surface area contributed by atoms with Gasteiger partial charge in [-0.1, -0.05) is 0 Å². The van der Waals surface area contributed by atoms with Gasteiger partial charge in [0.1, 0.15) is 18.1 Å². The van der Waals surface area contributed by atoms with E-state index in [0.717, 1.165) is 12.2 Å². The number of fused-ring (bicyclic) bond motifs is 1. The molecule has 8 heteroatoms. The minimum Gasteiger partial charge on any atom is -0.486 e. The first-order valence-electron chi connectivity index (χ1n) is 9.07. The molecular formula is C20H21N3O5. The number of carbonyl (C=O) groups is 1. The number of nitrogens with one attached hydrogen (secondary N) is 1. The molecule has 2 aromatic heterocycles. The predicted octanol–water partition coefficient (Wildman–Crippen LogP) is 3.29. The maximum absolute atomic E-state index is 12.4. The largest absolute Gasteiger partial charge is 0.486 e. The average Bonchev–Trinajstić information content (AvgIpc) is 3.46. The smallest absolute Gasteiger partial charge is 0.287 e. The van der Waals surface area contributed by atoms with Crippen LogP contribution in [0.2, 0.25) is 0 Å². The van der Waals surface area contributed by atoms with Gasteiger partial charge in [-0.3, -0.25) is 9.48 Å². The van der Waals surface area contributed by atoms with E-state index in [9.17, 15) is 4.79 Å². The summed E-state index contributed by atoms with van der Waals surface area (Å²) in [4.78, 5) is 12.4. The lowest BCUT2D eigenvalue weighted by Gasteiger charge is -2.10. The maximum Gasteiger partial charge on any atom is 0.287 e. The summed E-state index contributed by atoms with van der Waals surface area (Å²) < 4.78 is 23.7. The van der Waals surface area contributed by atoms with Gasteiger partial charge in [0.25, 0.3) is 5.91 Å². The lowest BCUT2D eigenvalue weighted by molar-refractivity contribution is 0.0907. The number of aromatic nitrogens is 2. The fourth-order valence-corrected chi connectivity index (χ4v) is 2.82. The third-order valence-electron chi connectivity index (χ3n) is 4.39. The highest BCUT2D eigenvalue weighted by Crippen LogP contribution is 2.35. The molecule has 1 unspecified atom stereocenters. The van der Waals surface area contributed by atoms with Crippen LogP contribution in [0.15, 0.2) is 47.0 Å². The molecular weight excluding hydrogens is 362 g/mol. The molecule has 0 saturated carbocycles. The van der Waals surface area contributed by atoms with Gasteiger partial charge in [0.05, 0.1) is 11.7 Å². The molecule has 28 heavy (non-hydrogen) atoms. The van der Waals surface area contributed by atoms with Gasteiger partial charge in [-0.25, -0.2) is 0 Å². The number of hydrogen-bond donors (Lipinski definition) is 1. The summed E-state index contributed by atoms with van der Waals surface area (Å²) >= 11 is 0. The van der Waals surface area contributed by atoms with Gasteiger partial charge in [0.2, 0.25) is 6.79 Å². The van der Waals surface area contributed by atoms with Crippen LogP contribution in [-0.4, -0.2) is 22.5 Å². The van der Waals surface area contributed by atoms with Crippen LogP contribution in [0.25, 0.3) is 0 Å². The summed E-state index contributed by atoms with van der Waals surface area (Å²) in [5, 5.41) is 7.29. The molecule has 1 aliphatic heterocycles. The number of rotatable bonds is 7. The lowest BCUT2D eigenvalue weighted by Crippen LogP contribution is -2.26. The summed E-state index contributed by atoms with van der Waals surface area (Å²) in [7, 11) is 0. The van der Waals surface area contributed by atoms with E-state index in [4.69, 9.17) is 18.6 Å². The van der Waals surface area contributed by atoms with Gasteiger partial charge >= 0.3 is 0 Å². The van der Waals surface area contributed by atoms with Crippen LogP contribution in [0.1, 0.15) is 41.9 Å². The molecule has 1 aromatic carbocycles. The zero-order chi connectivity index (χ0) is 19.5. The Morgan fingerprint density at radius 3 is 2.93 bits per heavy atom. The molecule has 1 atom stereocenters. The SMILES string of the molecule is CCn1ccc(C(C)NC(=O)c2ccc(COc3ccc4c(c3)OCO4)o2)n1. The fraction of sp³-hybridized carbons (Fsp3) is 0.300. The monoisotopic (exact) mass is 383 g/mol. The fourth-order valence-electron chi connectivity index (χ4n) is 2.82. The molecule has 8 nitrogen and oxygen atoms in total. The molecule has 0 saturated heterocycles. The van der Waals surface area contributed by atoms with Crippen LogP contribution in [0.5, 0.6) is 17.2 Å². The maximum atomic E-state index is 12.4. The zero-order valence-corrected chi connectivity index (χ0v) is 15.7. The topological polar surface area (TPSA) is 87.8 Å². The van der Waals surface area contributed by atoms with Crippen molar-refractivity contribution in [1.82, 2.24) is 15.1 Å². The van der Waals surface area contributed by atoms with E-state index >= 15 is 0 Å². The second-order valence-electron chi connectivity index (χ2n) is 6.36. The Hall–Kier alpha value is -3.42. The number of hydrogen-bond acceptors (Lipinski definition) is 6. The number of aryl methyl sites for hydroxylation is 1. The molecule has 0 radical (unpaired) electrons. The molecule has 4 rings (SSSR count). The third-order valence-corrected chi connectivity index (χ3v) is 4.39. The first kappa shape index (κ1) is 18.0. The summed E-state index contributed by atoms with van der Waals surface area (Å²) in [6.45, 7) is 5.09. The van der Waals surface area contributed by atoms with Gasteiger partial charge in [0, 0.05) is 18.8 Å². The van der Waals surface area contributed by atoms with Crippen LogP contribution in [0.4, 0.5) is 0 Å². The van der Waals surface area contributed by atoms with Crippen molar-refractivity contribution < 1.29 is 23.4 Å². The second kappa shape index (κ2) is 7.67. The molecule has 1 amide bonds. The van der Waals surface area contributed by atoms with Crippen LogP contribution < -0.4 is 19.5 Å². The quantitative estimate of drug-likeness (QED) is 0.674. The van der Waals surface area contributed by atoms with Crippen molar-refractivity contribution in [1.29, 1.82) is 0 Å². The normalized spacial score (nSPS) is 13.4. The van der Waals surface area contributed by atoms with Crippen LogP contribution in [0.3, 0.4) is 0 Å². The van der Waals surface area contributed by atoms with Crippen molar-refractivity contribution >= 4 is 5.91 Å². The molecule has 0 spiro atoms. The van der Waals surface area contributed by atoms with Crippen LogP contribution in [-0.2, 0) is 13.2 Å². The Morgan fingerprint density at radius 2 is 2.11 bits per heavy atom. The Balaban J connectivity index is 1.33. The van der Waals surface area contributed by atoms with E-state index < -0.39 is 0 Å². The Labute approximate surface area is 162 Å². The minimum absolute atomic E-state index is 0.198. The Kier molecular flexibility index (Phi) is 4.92. The first-order chi connectivity index (χ1) is 13.6. The molecule has 0 fully saturated rings. The van der Waals surface area contributed by atoms with Crippen molar-refractivity contribution in [3.63, 3.8) is 0 Å². The number of carbonyl (C=O) groups excluding carboxylic acids is 1. The van der Waals surface area contributed by atoms with Gasteiger partial charge in [0.15, 0.2) is 17.3 Å². The molecule has 1 aliphatic rings. The first-order valence-corrected chi connectivity index (χ1v) is 9.07. The molecule has 3 aromatic rings. The zero-order valence-electron chi connectivity index (χ0n) is 15.7. The predicted molar refractivity (Wildman–Crippen MR) is 99.4 cm³/mol. The van der Waals surface area contributed by atoms with E-state index in [1.165, 1.54) is 0 Å². The Bertz CT molecular complexity index is 978. The lowest BCUT2D eigenvalue weighted by atomic mass is 10.2. The molecule has 3 heterocycles. The number of nitrogens with zero attached hydrogens (tertiary/aromatic N) is 2. The number of furan rings is 1. The number of amides is 1. The van der Waals surface area contributed by atoms with Crippen molar-refractivity contribution in [3.05, 3.63) is 59.8 Å². The van der Waals surface area contributed by atoms with E-state index in [0.29, 0.717) is 23.0 Å². The second-order valence-corrected chi connectivity index (χ2v) is 6.36. The standard InChI is InChI=1S/C20H21N3O5/c1-3-23-9-8-16(22-23)13(2)21-20(24)18-7-5-15(28-18)11-25-14-4-6-17-19(10-14)27-12-26-17/h4-10,13H,3,11-12H2,1-2H3,(H,21,24). The summed E-state index contributed by atoms with van der Waals surface area (Å²) in [6, 6.07) is 10.4. The van der Waals surface area contributed by atoms with Crippen molar-refractivity contribution in [3.8, 4) is 17.2 Å². The van der Waals surface area contributed by atoms with E-state index in [2.05, 4.69) is 10.4 Å². The van der Waals surface area contributed by atoms with Gasteiger partial charge in [-0.2, -0.15) is 5.10 Å². The molecule has 1 N–H and O–H groups in total. The van der Waals surface area contributed by atoms with Crippen LogP contribution in [0, 0.1) is 0 Å². The highest BCUT2D eigenvalue weighted by molar-refractivity contribution is 5.91. The van der Waals surface area contributed by atoms with E-state index in [1.54, 1.807) is 30.3 Å². The number of benzene rings is 1.